The normalized spacial score (nSPS) is 14.0. The summed E-state index contributed by atoms with van der Waals surface area (Å²) >= 11 is 0. The van der Waals surface area contributed by atoms with E-state index < -0.39 is 24.3 Å². The Bertz CT molecular complexity index is 924. The lowest BCUT2D eigenvalue weighted by Crippen LogP contribution is -2.25. The topological polar surface area (TPSA) is 129 Å². The van der Waals surface area contributed by atoms with Gasteiger partial charge in [0, 0.05) is 31.1 Å². The van der Waals surface area contributed by atoms with Crippen LogP contribution < -0.4 is 5.32 Å². The lowest BCUT2D eigenvalue weighted by Gasteiger charge is -2.18. The van der Waals surface area contributed by atoms with Gasteiger partial charge in [0.1, 0.15) is 17.9 Å². The smallest absolute Gasteiger partial charge is 0.475 e. The molecule has 196 valence electrons. The number of aromatic nitrogens is 2. The molecule has 1 aliphatic rings. The van der Waals surface area contributed by atoms with E-state index in [2.05, 4.69) is 34.0 Å². The first-order valence-corrected chi connectivity index (χ1v) is 10.1. The number of nitrogens with zero attached hydrogens (tertiary/aromatic N) is 3. The molecule has 9 nitrogen and oxygen atoms in total. The average Bonchev–Trinajstić information content (AvgIpc) is 3.14. The van der Waals surface area contributed by atoms with Crippen LogP contribution in [0.25, 0.3) is 0 Å². The minimum atomic E-state index is -5.08. The van der Waals surface area contributed by atoms with E-state index in [1.165, 1.54) is 11.3 Å². The molecule has 2 aromatic rings. The van der Waals surface area contributed by atoms with Gasteiger partial charge in [-0.2, -0.15) is 26.3 Å². The number of hydrogen-bond donors (Lipinski definition) is 3. The molecule has 0 unspecified atom stereocenters. The zero-order chi connectivity index (χ0) is 26.8. The number of carbonyl (C=O) groups is 2. The third-order valence-electron chi connectivity index (χ3n) is 4.25. The minimum Gasteiger partial charge on any atom is -0.475 e. The summed E-state index contributed by atoms with van der Waals surface area (Å²) < 4.78 is 68.9. The van der Waals surface area contributed by atoms with Crippen LogP contribution in [0, 0.1) is 0 Å². The third kappa shape index (κ3) is 11.1. The molecule has 0 aromatic carbocycles. The molecular weight excluding hydrogens is 490 g/mol. The summed E-state index contributed by atoms with van der Waals surface area (Å²) in [5, 5.41) is 17.7. The number of alkyl halides is 6. The molecule has 0 saturated heterocycles. The van der Waals surface area contributed by atoms with Crippen molar-refractivity contribution in [3.05, 3.63) is 41.7 Å². The summed E-state index contributed by atoms with van der Waals surface area (Å²) in [6, 6.07) is 4.35. The number of furan rings is 1. The highest BCUT2D eigenvalue weighted by atomic mass is 19.4. The first-order chi connectivity index (χ1) is 16.1. The van der Waals surface area contributed by atoms with Crippen molar-refractivity contribution in [1.82, 2.24) is 14.9 Å². The maximum Gasteiger partial charge on any atom is 0.490 e. The number of carboxylic acid groups (broad SMARTS) is 2. The molecule has 3 N–H and O–H groups in total. The molecule has 0 spiro atoms. The Hall–Kier alpha value is -3.36. The van der Waals surface area contributed by atoms with E-state index in [1.807, 2.05) is 12.1 Å². The summed E-state index contributed by atoms with van der Waals surface area (Å²) in [4.78, 5) is 29.1. The van der Waals surface area contributed by atoms with Crippen LogP contribution in [0.15, 0.2) is 29.1 Å². The van der Waals surface area contributed by atoms with E-state index in [-0.39, 0.29) is 0 Å². The molecule has 1 aliphatic heterocycles. The summed E-state index contributed by atoms with van der Waals surface area (Å²) in [5.41, 5.74) is 2.45. The molecule has 0 aliphatic carbocycles. The monoisotopic (exact) mass is 514 g/mol. The number of nitrogens with one attached hydrogen (secondary N) is 1. The highest BCUT2D eigenvalue weighted by Crippen LogP contribution is 2.22. The fourth-order valence-corrected chi connectivity index (χ4v) is 2.75. The lowest BCUT2D eigenvalue weighted by molar-refractivity contribution is -0.193. The van der Waals surface area contributed by atoms with Crippen molar-refractivity contribution in [2.24, 2.45) is 0 Å². The van der Waals surface area contributed by atoms with Gasteiger partial charge in [-0.3, -0.25) is 4.90 Å². The molecule has 0 saturated carbocycles. The predicted molar refractivity (Wildman–Crippen MR) is 110 cm³/mol. The van der Waals surface area contributed by atoms with Crippen molar-refractivity contribution in [2.75, 3.05) is 18.4 Å². The van der Waals surface area contributed by atoms with Crippen LogP contribution in [0.3, 0.4) is 0 Å². The molecule has 0 fully saturated rings. The molecular formula is C20H24F6N4O5. The number of hydrogen-bond acceptors (Lipinski definition) is 7. The van der Waals surface area contributed by atoms with Crippen LogP contribution in [0.5, 0.6) is 0 Å². The maximum absolute atomic E-state index is 10.6. The van der Waals surface area contributed by atoms with Gasteiger partial charge in [0.05, 0.1) is 18.5 Å². The van der Waals surface area contributed by atoms with Gasteiger partial charge in [-0.05, 0) is 32.4 Å². The van der Waals surface area contributed by atoms with Gasteiger partial charge in [-0.15, -0.1) is 0 Å². The second-order valence-electron chi connectivity index (χ2n) is 7.41. The Labute approximate surface area is 195 Å². The molecule has 0 amide bonds. The van der Waals surface area contributed by atoms with Crippen molar-refractivity contribution < 1.29 is 50.6 Å². The summed E-state index contributed by atoms with van der Waals surface area (Å²) in [5.74, 6) is -3.50. The van der Waals surface area contributed by atoms with Crippen LogP contribution in [0.1, 0.15) is 30.9 Å². The second-order valence-corrected chi connectivity index (χ2v) is 7.41. The molecule has 3 rings (SSSR count). The zero-order valence-electron chi connectivity index (χ0n) is 18.7. The summed E-state index contributed by atoms with van der Waals surface area (Å²) in [7, 11) is 0. The number of halogens is 6. The number of anilines is 1. The average molecular weight is 514 g/mol. The molecule has 35 heavy (non-hydrogen) atoms. The van der Waals surface area contributed by atoms with Gasteiger partial charge < -0.3 is 19.9 Å². The standard InChI is InChI=1S/C16H22N4O.2C2HF3O2/c1-12(2)19-16-14-5-7-20(10-13-4-3-9-21-13)8-6-15(14)17-11-18-16;2*3-2(4,5)1(6)7/h3-4,9,11-12H,5-8,10H2,1-2H3,(H,17,18,19);2*(H,6,7). The first-order valence-electron chi connectivity index (χ1n) is 10.1. The lowest BCUT2D eigenvalue weighted by atomic mass is 10.1. The van der Waals surface area contributed by atoms with Crippen LogP contribution in [0.4, 0.5) is 32.2 Å². The quantitative estimate of drug-likeness (QED) is 0.523. The summed E-state index contributed by atoms with van der Waals surface area (Å²) in [6.45, 7) is 7.14. The van der Waals surface area contributed by atoms with E-state index in [1.54, 1.807) is 12.6 Å². The van der Waals surface area contributed by atoms with Crippen molar-refractivity contribution in [1.29, 1.82) is 0 Å². The predicted octanol–water partition coefficient (Wildman–Crippen LogP) is 3.76. The number of carboxylic acids is 2. The molecule has 0 atom stereocenters. The first kappa shape index (κ1) is 29.7. The largest absolute Gasteiger partial charge is 0.490 e. The Morgan fingerprint density at radius 2 is 1.60 bits per heavy atom. The Balaban J connectivity index is 0.000000362. The Morgan fingerprint density at radius 1 is 1.06 bits per heavy atom. The van der Waals surface area contributed by atoms with Crippen molar-refractivity contribution >= 4 is 17.8 Å². The number of rotatable bonds is 4. The van der Waals surface area contributed by atoms with Crippen LogP contribution >= 0.6 is 0 Å². The fourth-order valence-electron chi connectivity index (χ4n) is 2.75. The van der Waals surface area contributed by atoms with Gasteiger partial charge in [-0.1, -0.05) is 0 Å². The highest BCUT2D eigenvalue weighted by Gasteiger charge is 2.38. The maximum atomic E-state index is 10.6. The van der Waals surface area contributed by atoms with Gasteiger partial charge in [0.25, 0.3) is 0 Å². The zero-order valence-corrected chi connectivity index (χ0v) is 18.7. The molecule has 0 bridgehead atoms. The molecule has 0 radical (unpaired) electrons. The van der Waals surface area contributed by atoms with E-state index in [9.17, 15) is 26.3 Å². The van der Waals surface area contributed by atoms with Crippen LogP contribution in [0.2, 0.25) is 0 Å². The highest BCUT2D eigenvalue weighted by molar-refractivity contribution is 5.73. The van der Waals surface area contributed by atoms with E-state index in [0.717, 1.165) is 44.1 Å². The minimum absolute atomic E-state index is 0.381. The van der Waals surface area contributed by atoms with E-state index >= 15 is 0 Å². The molecule has 2 aromatic heterocycles. The van der Waals surface area contributed by atoms with Crippen molar-refractivity contribution in [3.8, 4) is 0 Å². The Kier molecular flexibility index (Phi) is 11.0. The molecule has 15 heteroatoms. The van der Waals surface area contributed by atoms with E-state index in [0.29, 0.717) is 6.04 Å². The van der Waals surface area contributed by atoms with Crippen molar-refractivity contribution in [3.63, 3.8) is 0 Å². The number of fused-ring (bicyclic) bond motifs is 1. The molecule has 3 heterocycles. The van der Waals surface area contributed by atoms with Crippen LogP contribution in [-0.4, -0.2) is 68.5 Å². The van der Waals surface area contributed by atoms with E-state index in [4.69, 9.17) is 24.2 Å². The second kappa shape index (κ2) is 12.9. The van der Waals surface area contributed by atoms with Gasteiger partial charge in [0.15, 0.2) is 0 Å². The fraction of sp³-hybridized carbons (Fsp3) is 0.500. The van der Waals surface area contributed by atoms with Gasteiger partial charge in [0.2, 0.25) is 0 Å². The van der Waals surface area contributed by atoms with Crippen LogP contribution in [-0.2, 0) is 29.0 Å². The number of aliphatic carboxylic acids is 2. The van der Waals surface area contributed by atoms with Gasteiger partial charge in [-0.25, -0.2) is 19.6 Å². The van der Waals surface area contributed by atoms with Crippen molar-refractivity contribution in [2.45, 2.75) is 51.6 Å². The third-order valence-corrected chi connectivity index (χ3v) is 4.25. The van der Waals surface area contributed by atoms with Gasteiger partial charge >= 0.3 is 24.3 Å². The SMILES string of the molecule is CC(C)Nc1ncnc2c1CCN(Cc1ccco1)CC2.O=C(O)C(F)(F)F.O=C(O)C(F)(F)F. The summed E-state index contributed by atoms with van der Waals surface area (Å²) in [6.07, 6.45) is -4.82. The Morgan fingerprint density at radius 3 is 2.06 bits per heavy atom.